The number of fused-ring (bicyclic) bond motifs is 1. The molecule has 6 heteroatoms. The summed E-state index contributed by atoms with van der Waals surface area (Å²) in [6.45, 7) is 2.88. The van der Waals surface area contributed by atoms with E-state index in [1.54, 1.807) is 25.1 Å². The number of hydrogen-bond donors (Lipinski definition) is 1. The molecule has 0 spiro atoms. The molecule has 0 saturated carbocycles. The molecular formula is C23H24N2O4. The Morgan fingerprint density at radius 3 is 2.69 bits per heavy atom. The Morgan fingerprint density at radius 1 is 1.24 bits per heavy atom. The van der Waals surface area contributed by atoms with Gasteiger partial charge in [-0.2, -0.15) is 0 Å². The lowest BCUT2D eigenvalue weighted by Gasteiger charge is -2.16. The Hall–Kier alpha value is -3.33. The topological polar surface area (TPSA) is 77.4 Å². The standard InChI is InChI=1S/C23H24N2O4/c1-3-5-13-24-22(27)17-11-9-16(10-12-17)15-25-19-7-6-8-21(26)18(19)14-20(25)23(28)29-4-2/h1,9-12,14H,4-8,13,15H2,2H3,(H,24,27). The van der Waals surface area contributed by atoms with E-state index >= 15 is 0 Å². The zero-order chi connectivity index (χ0) is 20.8. The van der Waals surface area contributed by atoms with Gasteiger partial charge in [-0.15, -0.1) is 12.3 Å². The Kier molecular flexibility index (Phi) is 6.50. The summed E-state index contributed by atoms with van der Waals surface area (Å²) in [4.78, 5) is 36.8. The summed E-state index contributed by atoms with van der Waals surface area (Å²) in [5.41, 5.74) is 3.35. The molecular weight excluding hydrogens is 368 g/mol. The van der Waals surface area contributed by atoms with Gasteiger partial charge in [-0.25, -0.2) is 4.79 Å². The lowest BCUT2D eigenvalue weighted by atomic mass is 9.96. The number of hydrogen-bond acceptors (Lipinski definition) is 4. The van der Waals surface area contributed by atoms with Crippen molar-refractivity contribution < 1.29 is 19.1 Å². The largest absolute Gasteiger partial charge is 0.461 e. The van der Waals surface area contributed by atoms with Crippen LogP contribution in [0.25, 0.3) is 0 Å². The molecule has 0 radical (unpaired) electrons. The fourth-order valence-electron chi connectivity index (χ4n) is 3.50. The number of aromatic nitrogens is 1. The first kappa shape index (κ1) is 20.4. The van der Waals surface area contributed by atoms with Gasteiger partial charge in [0, 0.05) is 42.8 Å². The van der Waals surface area contributed by atoms with Crippen LogP contribution in [0.1, 0.15) is 68.6 Å². The first-order valence-corrected chi connectivity index (χ1v) is 9.78. The third-order valence-electron chi connectivity index (χ3n) is 4.92. The fraction of sp³-hybridized carbons (Fsp3) is 0.348. The quantitative estimate of drug-likeness (QED) is 0.446. The van der Waals surface area contributed by atoms with Gasteiger partial charge in [0.2, 0.25) is 0 Å². The van der Waals surface area contributed by atoms with Crippen molar-refractivity contribution in [3.05, 3.63) is 58.4 Å². The van der Waals surface area contributed by atoms with Gasteiger partial charge in [0.25, 0.3) is 5.91 Å². The average molecular weight is 392 g/mol. The normalized spacial score (nSPS) is 12.8. The molecule has 1 aromatic heterocycles. The van der Waals surface area contributed by atoms with Crippen molar-refractivity contribution in [2.24, 2.45) is 0 Å². The van der Waals surface area contributed by atoms with E-state index in [2.05, 4.69) is 11.2 Å². The molecule has 0 saturated heterocycles. The van der Waals surface area contributed by atoms with E-state index in [9.17, 15) is 14.4 Å². The van der Waals surface area contributed by atoms with Crippen LogP contribution < -0.4 is 5.32 Å². The van der Waals surface area contributed by atoms with Crippen molar-refractivity contribution in [2.45, 2.75) is 39.2 Å². The number of carbonyl (C=O) groups is 3. The number of benzene rings is 1. The number of ether oxygens (including phenoxy) is 1. The third-order valence-corrected chi connectivity index (χ3v) is 4.92. The zero-order valence-corrected chi connectivity index (χ0v) is 16.5. The maximum Gasteiger partial charge on any atom is 0.354 e. The number of esters is 1. The molecule has 2 aromatic rings. The van der Waals surface area contributed by atoms with Gasteiger partial charge < -0.3 is 14.6 Å². The van der Waals surface area contributed by atoms with Crippen LogP contribution in [-0.2, 0) is 17.7 Å². The van der Waals surface area contributed by atoms with Crippen LogP contribution in [0.2, 0.25) is 0 Å². The van der Waals surface area contributed by atoms with E-state index in [0.717, 1.165) is 24.1 Å². The van der Waals surface area contributed by atoms with Gasteiger partial charge in [-0.05, 0) is 43.5 Å². The highest BCUT2D eigenvalue weighted by Crippen LogP contribution is 2.27. The summed E-state index contributed by atoms with van der Waals surface area (Å²) in [7, 11) is 0. The SMILES string of the molecule is C#CCCNC(=O)c1ccc(Cn2c(C(=O)OCC)cc3c2CCCC3=O)cc1. The number of nitrogens with one attached hydrogen (secondary N) is 1. The minimum Gasteiger partial charge on any atom is -0.461 e. The highest BCUT2D eigenvalue weighted by molar-refractivity contribution is 6.01. The summed E-state index contributed by atoms with van der Waals surface area (Å²) >= 11 is 0. The Balaban J connectivity index is 1.84. The predicted octanol–water partition coefficient (Wildman–Crippen LogP) is 2.99. The molecule has 1 heterocycles. The first-order valence-electron chi connectivity index (χ1n) is 9.78. The average Bonchev–Trinajstić information content (AvgIpc) is 3.09. The number of Topliss-reactive ketones (excluding diaryl/α,β-unsaturated/α-hetero) is 1. The van der Waals surface area contributed by atoms with Crippen molar-refractivity contribution >= 4 is 17.7 Å². The lowest BCUT2D eigenvalue weighted by Crippen LogP contribution is -2.24. The Labute approximate surface area is 170 Å². The van der Waals surface area contributed by atoms with Gasteiger partial charge in [0.1, 0.15) is 5.69 Å². The third kappa shape index (κ3) is 4.57. The molecule has 1 aliphatic rings. The van der Waals surface area contributed by atoms with Crippen molar-refractivity contribution in [3.8, 4) is 12.3 Å². The number of amides is 1. The Morgan fingerprint density at radius 2 is 2.00 bits per heavy atom. The highest BCUT2D eigenvalue weighted by atomic mass is 16.5. The molecule has 1 aliphatic carbocycles. The number of carbonyl (C=O) groups excluding carboxylic acids is 3. The maximum absolute atomic E-state index is 12.4. The molecule has 0 atom stereocenters. The smallest absolute Gasteiger partial charge is 0.354 e. The van der Waals surface area contributed by atoms with Crippen LogP contribution in [0, 0.1) is 12.3 Å². The number of terminal acetylenes is 1. The maximum atomic E-state index is 12.4. The molecule has 0 fully saturated rings. The van der Waals surface area contributed by atoms with Gasteiger partial charge in [0.15, 0.2) is 5.78 Å². The van der Waals surface area contributed by atoms with Crippen LogP contribution in [0.4, 0.5) is 0 Å². The van der Waals surface area contributed by atoms with Crippen LogP contribution in [0.5, 0.6) is 0 Å². The minimum atomic E-state index is -0.431. The number of nitrogens with zero attached hydrogens (tertiary/aromatic N) is 1. The Bertz CT molecular complexity index is 964. The molecule has 1 N–H and O–H groups in total. The molecule has 1 aromatic carbocycles. The summed E-state index contributed by atoms with van der Waals surface area (Å²) in [6.07, 6.45) is 7.70. The van der Waals surface area contributed by atoms with Gasteiger partial charge in [0.05, 0.1) is 6.61 Å². The zero-order valence-electron chi connectivity index (χ0n) is 16.5. The lowest BCUT2D eigenvalue weighted by molar-refractivity contribution is 0.0513. The van der Waals surface area contributed by atoms with Crippen molar-refractivity contribution in [2.75, 3.05) is 13.2 Å². The van der Waals surface area contributed by atoms with E-state index in [1.165, 1.54) is 0 Å². The van der Waals surface area contributed by atoms with Gasteiger partial charge in [-0.1, -0.05) is 12.1 Å². The summed E-state index contributed by atoms with van der Waals surface area (Å²) in [6, 6.07) is 8.84. The molecule has 29 heavy (non-hydrogen) atoms. The van der Waals surface area contributed by atoms with E-state index in [-0.39, 0.29) is 18.3 Å². The van der Waals surface area contributed by atoms with Gasteiger partial charge in [-0.3, -0.25) is 9.59 Å². The summed E-state index contributed by atoms with van der Waals surface area (Å²) in [5, 5.41) is 2.76. The molecule has 150 valence electrons. The van der Waals surface area contributed by atoms with Crippen molar-refractivity contribution in [1.82, 2.24) is 9.88 Å². The van der Waals surface area contributed by atoms with Crippen LogP contribution >= 0.6 is 0 Å². The molecule has 1 amide bonds. The van der Waals surface area contributed by atoms with E-state index < -0.39 is 5.97 Å². The van der Waals surface area contributed by atoms with Crippen molar-refractivity contribution in [3.63, 3.8) is 0 Å². The molecule has 0 unspecified atom stereocenters. The summed E-state index contributed by atoms with van der Waals surface area (Å²) < 4.78 is 7.05. The second kappa shape index (κ2) is 9.24. The van der Waals surface area contributed by atoms with Crippen LogP contribution in [0.15, 0.2) is 30.3 Å². The van der Waals surface area contributed by atoms with E-state index in [4.69, 9.17) is 11.2 Å². The molecule has 6 nitrogen and oxygen atoms in total. The second-order valence-electron chi connectivity index (χ2n) is 6.88. The number of ketones is 1. The fourth-order valence-corrected chi connectivity index (χ4v) is 3.50. The van der Waals surface area contributed by atoms with E-state index in [0.29, 0.717) is 42.8 Å². The molecule has 0 bridgehead atoms. The van der Waals surface area contributed by atoms with E-state index in [1.807, 2.05) is 16.7 Å². The van der Waals surface area contributed by atoms with Gasteiger partial charge >= 0.3 is 5.97 Å². The predicted molar refractivity (Wildman–Crippen MR) is 109 cm³/mol. The van der Waals surface area contributed by atoms with Crippen LogP contribution in [0.3, 0.4) is 0 Å². The highest BCUT2D eigenvalue weighted by Gasteiger charge is 2.27. The first-order chi connectivity index (χ1) is 14.0. The second-order valence-corrected chi connectivity index (χ2v) is 6.88. The molecule has 3 rings (SSSR count). The number of rotatable bonds is 7. The monoisotopic (exact) mass is 392 g/mol. The molecule has 0 aliphatic heterocycles. The summed E-state index contributed by atoms with van der Waals surface area (Å²) in [5.74, 6) is 1.94. The van der Waals surface area contributed by atoms with Crippen LogP contribution in [-0.4, -0.2) is 35.4 Å². The minimum absolute atomic E-state index is 0.0644. The van der Waals surface area contributed by atoms with Crippen molar-refractivity contribution in [1.29, 1.82) is 0 Å².